The summed E-state index contributed by atoms with van der Waals surface area (Å²) in [5.74, 6) is 0.279. The molecule has 8 atom stereocenters. The summed E-state index contributed by atoms with van der Waals surface area (Å²) < 4.78 is 0. The van der Waals surface area contributed by atoms with Gasteiger partial charge in [-0.1, -0.05) is 30.4 Å². The fraction of sp³-hybridized carbons (Fsp3) is 0.583. The number of fused-ring (bicyclic) bond motifs is 5. The van der Waals surface area contributed by atoms with Gasteiger partial charge < -0.3 is 25.2 Å². The SMILES string of the molecule is O[C@@H]1CCCCN2CC[C@H]3C(c4nccc5c4[nH]c4ccccc45)=C[C@@](O)(CC[C@@H]1O)[C@@H]1N4CCCC/C=C\[C@H]4C[C@@]13C2. The Labute approximate surface area is 254 Å². The second-order valence-corrected chi connectivity index (χ2v) is 14.2. The maximum atomic E-state index is 13.1. The van der Waals surface area contributed by atoms with E-state index in [2.05, 4.69) is 63.3 Å². The molecule has 3 aromatic rings. The van der Waals surface area contributed by atoms with E-state index in [9.17, 15) is 15.3 Å². The number of para-hydroxylation sites is 1. The maximum absolute atomic E-state index is 13.1. The number of pyridine rings is 1. The molecule has 4 aliphatic heterocycles. The minimum Gasteiger partial charge on any atom is -0.390 e. The highest BCUT2D eigenvalue weighted by atomic mass is 16.3. The van der Waals surface area contributed by atoms with Gasteiger partial charge in [-0.05, 0) is 114 Å². The molecule has 228 valence electrons. The van der Waals surface area contributed by atoms with Crippen LogP contribution in [0.4, 0.5) is 0 Å². The van der Waals surface area contributed by atoms with E-state index in [1.807, 2.05) is 6.20 Å². The van der Waals surface area contributed by atoms with Gasteiger partial charge in [0.25, 0.3) is 0 Å². The van der Waals surface area contributed by atoms with Crippen LogP contribution >= 0.6 is 0 Å². The first-order valence-corrected chi connectivity index (χ1v) is 16.8. The first-order chi connectivity index (χ1) is 21.0. The number of nitrogens with one attached hydrogen (secondary N) is 1. The van der Waals surface area contributed by atoms with Crippen molar-refractivity contribution >= 4 is 27.4 Å². The topological polar surface area (TPSA) is 95.8 Å². The third kappa shape index (κ3) is 4.54. The lowest BCUT2D eigenvalue weighted by molar-refractivity contribution is -0.0961. The van der Waals surface area contributed by atoms with E-state index in [4.69, 9.17) is 4.98 Å². The summed E-state index contributed by atoms with van der Waals surface area (Å²) in [5, 5.41) is 37.4. The lowest BCUT2D eigenvalue weighted by Gasteiger charge is -2.58. The van der Waals surface area contributed by atoms with Crippen molar-refractivity contribution in [2.75, 3.05) is 26.2 Å². The normalized spacial score (nSPS) is 39.6. The smallest absolute Gasteiger partial charge is 0.0996 e. The van der Waals surface area contributed by atoms with E-state index in [0.29, 0.717) is 25.3 Å². The van der Waals surface area contributed by atoms with Gasteiger partial charge in [-0.2, -0.15) is 0 Å². The summed E-state index contributed by atoms with van der Waals surface area (Å²) in [5.41, 5.74) is 2.99. The van der Waals surface area contributed by atoms with Crippen molar-refractivity contribution in [1.29, 1.82) is 0 Å². The molecule has 7 nitrogen and oxygen atoms in total. The van der Waals surface area contributed by atoms with Crippen LogP contribution in [0.15, 0.2) is 54.8 Å². The quantitative estimate of drug-likeness (QED) is 0.301. The van der Waals surface area contributed by atoms with Crippen molar-refractivity contribution in [2.24, 2.45) is 11.3 Å². The number of rotatable bonds is 1. The molecule has 1 spiro atoms. The fourth-order valence-electron chi connectivity index (χ4n) is 9.89. The van der Waals surface area contributed by atoms with Gasteiger partial charge in [0.05, 0.1) is 35.1 Å². The van der Waals surface area contributed by atoms with Crippen molar-refractivity contribution in [1.82, 2.24) is 19.8 Å². The summed E-state index contributed by atoms with van der Waals surface area (Å²) >= 11 is 0. The summed E-state index contributed by atoms with van der Waals surface area (Å²) in [6.45, 7) is 3.98. The molecule has 2 aromatic heterocycles. The average molecular weight is 583 g/mol. The largest absolute Gasteiger partial charge is 0.390 e. The number of hydrogen-bond donors (Lipinski definition) is 4. The van der Waals surface area contributed by atoms with E-state index in [1.165, 1.54) is 22.8 Å². The monoisotopic (exact) mass is 582 g/mol. The van der Waals surface area contributed by atoms with Gasteiger partial charge in [0.2, 0.25) is 0 Å². The first-order valence-electron chi connectivity index (χ1n) is 16.8. The Hall–Kier alpha value is -2.55. The molecule has 4 N–H and O–H groups in total. The molecular weight excluding hydrogens is 536 g/mol. The van der Waals surface area contributed by atoms with E-state index < -0.39 is 17.8 Å². The summed E-state index contributed by atoms with van der Waals surface area (Å²) in [7, 11) is 0. The van der Waals surface area contributed by atoms with Gasteiger partial charge in [0.15, 0.2) is 0 Å². The Bertz CT molecular complexity index is 1560. The summed E-state index contributed by atoms with van der Waals surface area (Å²) in [4.78, 5) is 14.0. The molecule has 3 fully saturated rings. The van der Waals surface area contributed by atoms with E-state index in [1.54, 1.807) is 0 Å². The zero-order valence-corrected chi connectivity index (χ0v) is 25.2. The van der Waals surface area contributed by atoms with Crippen molar-refractivity contribution < 1.29 is 15.3 Å². The molecular formula is C36H46N4O3. The highest BCUT2D eigenvalue weighted by Gasteiger charge is 2.65. The van der Waals surface area contributed by atoms with Crippen LogP contribution in [0.25, 0.3) is 27.4 Å². The molecule has 1 unspecified atom stereocenters. The highest BCUT2D eigenvalue weighted by Crippen LogP contribution is 2.61. The number of benzene rings is 1. The maximum Gasteiger partial charge on any atom is 0.0996 e. The van der Waals surface area contributed by atoms with E-state index >= 15 is 0 Å². The van der Waals surface area contributed by atoms with Crippen LogP contribution in [0, 0.1) is 11.3 Å². The van der Waals surface area contributed by atoms with Crippen LogP contribution in [0.1, 0.15) is 69.9 Å². The number of H-pyrrole nitrogens is 1. The zero-order valence-electron chi connectivity index (χ0n) is 25.2. The number of piperidine rings is 1. The molecule has 7 heteroatoms. The second-order valence-electron chi connectivity index (χ2n) is 14.2. The minimum atomic E-state index is -1.15. The van der Waals surface area contributed by atoms with Gasteiger partial charge in [-0.25, -0.2) is 0 Å². The predicted molar refractivity (Wildman–Crippen MR) is 170 cm³/mol. The van der Waals surface area contributed by atoms with Crippen LogP contribution < -0.4 is 0 Å². The summed E-state index contributed by atoms with van der Waals surface area (Å²) in [6, 6.07) is 10.8. The standard InChI is InChI=1S/C36H46N4O3/c41-30-12-6-8-18-39-20-15-28-27(32-33-26(14-17-37-32)25-10-4-5-11-29(25)38-33)22-36(43,16-13-31(30)42)34-35(28,23-39)21-24-9-3-1-2-7-19-40(24)34/h3-5,9-11,14,17,22,24,28,30-31,34,38,41-43H,1-2,6-8,12-13,15-16,18-21,23H2/b9-3-/t24-,28-,30+,31-,34+,35-,36-/m0/s1. The third-order valence-corrected chi connectivity index (χ3v) is 11.7. The van der Waals surface area contributed by atoms with Gasteiger partial charge in [0.1, 0.15) is 0 Å². The van der Waals surface area contributed by atoms with Gasteiger partial charge in [-0.15, -0.1) is 0 Å². The van der Waals surface area contributed by atoms with E-state index in [0.717, 1.165) is 81.4 Å². The molecule has 6 heterocycles. The van der Waals surface area contributed by atoms with Crippen LogP contribution in [0.2, 0.25) is 0 Å². The summed E-state index contributed by atoms with van der Waals surface area (Å²) in [6.07, 6.45) is 16.2. The third-order valence-electron chi connectivity index (χ3n) is 11.7. The van der Waals surface area contributed by atoms with Crippen molar-refractivity contribution in [3.63, 3.8) is 0 Å². The van der Waals surface area contributed by atoms with Gasteiger partial charge >= 0.3 is 0 Å². The van der Waals surface area contributed by atoms with Crippen LogP contribution in [0.3, 0.4) is 0 Å². The zero-order chi connectivity index (χ0) is 29.2. The Morgan fingerprint density at radius 1 is 0.907 bits per heavy atom. The molecule has 3 saturated heterocycles. The number of aliphatic hydroxyl groups is 3. The number of aromatic amines is 1. The number of aliphatic hydroxyl groups excluding tert-OH is 2. The predicted octanol–water partition coefficient (Wildman–Crippen LogP) is 5.02. The second kappa shape index (κ2) is 10.8. The minimum absolute atomic E-state index is 0.0451. The van der Waals surface area contributed by atoms with Crippen molar-refractivity contribution in [3.05, 3.63) is 60.5 Å². The fourth-order valence-corrected chi connectivity index (χ4v) is 9.89. The van der Waals surface area contributed by atoms with Gasteiger partial charge in [-0.3, -0.25) is 9.88 Å². The van der Waals surface area contributed by atoms with Crippen LogP contribution in [-0.4, -0.2) is 91.2 Å². The Morgan fingerprint density at radius 2 is 1.77 bits per heavy atom. The number of nitrogens with zero attached hydrogens (tertiary/aromatic N) is 3. The van der Waals surface area contributed by atoms with E-state index in [-0.39, 0.29) is 17.4 Å². The number of aromatic nitrogens is 2. The highest BCUT2D eigenvalue weighted by molar-refractivity contribution is 6.09. The lowest BCUT2D eigenvalue weighted by atomic mass is 9.54. The Morgan fingerprint density at radius 3 is 2.70 bits per heavy atom. The Balaban J connectivity index is 1.34. The average Bonchev–Trinajstić information content (AvgIpc) is 3.53. The van der Waals surface area contributed by atoms with Crippen molar-refractivity contribution in [3.8, 4) is 0 Å². The number of allylic oxidation sites excluding steroid dienone is 2. The molecule has 0 radical (unpaired) electrons. The molecule has 5 aliphatic rings. The molecule has 3 bridgehead atoms. The molecule has 0 saturated carbocycles. The Kier molecular flexibility index (Phi) is 7.03. The lowest BCUT2D eigenvalue weighted by Crippen LogP contribution is -2.65. The van der Waals surface area contributed by atoms with Crippen molar-refractivity contribution in [2.45, 2.75) is 94.1 Å². The van der Waals surface area contributed by atoms with Crippen LogP contribution in [0.5, 0.6) is 0 Å². The first kappa shape index (κ1) is 28.0. The molecule has 1 aromatic carbocycles. The molecule has 0 amide bonds. The van der Waals surface area contributed by atoms with Gasteiger partial charge in [0, 0.05) is 40.5 Å². The molecule has 1 aliphatic carbocycles. The van der Waals surface area contributed by atoms with Crippen LogP contribution in [-0.2, 0) is 0 Å². The number of hydrogen-bond acceptors (Lipinski definition) is 6. The molecule has 43 heavy (non-hydrogen) atoms. The molecule has 8 rings (SSSR count).